The highest BCUT2D eigenvalue weighted by Crippen LogP contribution is 2.21. The normalized spacial score (nSPS) is 12.7. The van der Waals surface area contributed by atoms with Crippen molar-refractivity contribution in [1.82, 2.24) is 0 Å². The van der Waals surface area contributed by atoms with Gasteiger partial charge in [-0.15, -0.1) is 11.8 Å². The highest BCUT2D eigenvalue weighted by Gasteiger charge is 2.06. The van der Waals surface area contributed by atoms with Gasteiger partial charge in [-0.1, -0.05) is 44.2 Å². The van der Waals surface area contributed by atoms with Crippen LogP contribution >= 0.6 is 11.8 Å². The van der Waals surface area contributed by atoms with E-state index in [9.17, 15) is 0 Å². The maximum atomic E-state index is 5.60. The van der Waals surface area contributed by atoms with E-state index in [1.165, 1.54) is 5.56 Å². The van der Waals surface area contributed by atoms with E-state index in [0.29, 0.717) is 5.44 Å². The molecule has 1 rings (SSSR count). The third-order valence-electron chi connectivity index (χ3n) is 2.03. The molecule has 0 aliphatic rings. The maximum Gasteiger partial charge on any atom is 0.103 e. The minimum atomic E-state index is 0.296. The van der Waals surface area contributed by atoms with Crippen LogP contribution in [0.3, 0.4) is 0 Å². The van der Waals surface area contributed by atoms with E-state index >= 15 is 0 Å². The highest BCUT2D eigenvalue weighted by molar-refractivity contribution is 7.99. The molecule has 0 N–H and O–H groups in total. The van der Waals surface area contributed by atoms with Gasteiger partial charge in [0.25, 0.3) is 0 Å². The number of rotatable bonds is 7. The summed E-state index contributed by atoms with van der Waals surface area (Å²) in [6, 6.07) is 10.5. The Morgan fingerprint density at radius 1 is 1.27 bits per heavy atom. The summed E-state index contributed by atoms with van der Waals surface area (Å²) >= 11 is 1.86. The zero-order valence-electron chi connectivity index (χ0n) is 9.48. The van der Waals surface area contributed by atoms with Crippen LogP contribution in [0, 0.1) is 6.61 Å². The molecule has 0 fully saturated rings. The largest absolute Gasteiger partial charge is 0.362 e. The summed E-state index contributed by atoms with van der Waals surface area (Å²) in [6.45, 7) is 6.15. The molecule has 1 nitrogen and oxygen atoms in total. The Balaban J connectivity index is 2.28. The van der Waals surface area contributed by atoms with Gasteiger partial charge < -0.3 is 4.74 Å². The van der Waals surface area contributed by atoms with E-state index in [4.69, 9.17) is 4.74 Å². The Morgan fingerprint density at radius 3 is 2.60 bits per heavy atom. The number of hydrogen-bond acceptors (Lipinski definition) is 2. The molecule has 1 aromatic carbocycles. The summed E-state index contributed by atoms with van der Waals surface area (Å²) in [7, 11) is 0. The molecule has 0 saturated heterocycles. The van der Waals surface area contributed by atoms with Gasteiger partial charge in [0.15, 0.2) is 0 Å². The van der Waals surface area contributed by atoms with Gasteiger partial charge in [-0.05, 0) is 18.4 Å². The summed E-state index contributed by atoms with van der Waals surface area (Å²) in [6.07, 6.45) is 2.02. The Morgan fingerprint density at radius 2 is 2.00 bits per heavy atom. The summed E-state index contributed by atoms with van der Waals surface area (Å²) in [5.41, 5.74) is 1.66. The predicted octanol–water partition coefficient (Wildman–Crippen LogP) is 4.24. The lowest BCUT2D eigenvalue weighted by Crippen LogP contribution is -2.05. The van der Waals surface area contributed by atoms with Crippen LogP contribution in [0.4, 0.5) is 0 Å². The standard InChI is InChI=1S/C13H19OS/c1-3-10-14-13(4-2)15-11-12-8-6-5-7-9-12/h5-10,13H,3-4,11H2,1-2H3. The van der Waals surface area contributed by atoms with E-state index in [1.54, 1.807) is 0 Å². The van der Waals surface area contributed by atoms with Crippen molar-refractivity contribution in [2.45, 2.75) is 37.9 Å². The quantitative estimate of drug-likeness (QED) is 0.639. The molecule has 0 amide bonds. The number of ether oxygens (including phenoxy) is 1. The van der Waals surface area contributed by atoms with Gasteiger partial charge in [-0.2, -0.15) is 0 Å². The van der Waals surface area contributed by atoms with Gasteiger partial charge in [0.1, 0.15) is 5.44 Å². The van der Waals surface area contributed by atoms with Crippen molar-refractivity contribution in [1.29, 1.82) is 0 Å². The van der Waals surface area contributed by atoms with E-state index in [0.717, 1.165) is 18.6 Å². The fourth-order valence-electron chi connectivity index (χ4n) is 1.22. The number of thioether (sulfide) groups is 1. The lowest BCUT2D eigenvalue weighted by Gasteiger charge is -2.14. The van der Waals surface area contributed by atoms with Crippen molar-refractivity contribution in [3.05, 3.63) is 42.5 Å². The maximum absolute atomic E-state index is 5.60. The molecule has 1 radical (unpaired) electrons. The van der Waals surface area contributed by atoms with Crippen molar-refractivity contribution in [2.24, 2.45) is 0 Å². The molecule has 0 aliphatic carbocycles. The van der Waals surface area contributed by atoms with Crippen LogP contribution in [0.15, 0.2) is 30.3 Å². The topological polar surface area (TPSA) is 9.23 Å². The van der Waals surface area contributed by atoms with E-state index in [2.05, 4.69) is 38.1 Å². The van der Waals surface area contributed by atoms with Crippen LogP contribution in [-0.2, 0) is 10.5 Å². The SMILES string of the molecule is CC[CH]OC(CC)SCc1ccccc1. The minimum Gasteiger partial charge on any atom is -0.362 e. The van der Waals surface area contributed by atoms with Gasteiger partial charge in [-0.25, -0.2) is 0 Å². The fraction of sp³-hybridized carbons (Fsp3) is 0.462. The van der Waals surface area contributed by atoms with E-state index in [1.807, 2.05) is 24.4 Å². The Hall–Kier alpha value is -0.470. The molecule has 0 aromatic heterocycles. The monoisotopic (exact) mass is 223 g/mol. The van der Waals surface area contributed by atoms with Crippen LogP contribution < -0.4 is 0 Å². The van der Waals surface area contributed by atoms with Gasteiger partial charge in [0.05, 0.1) is 6.61 Å². The minimum absolute atomic E-state index is 0.296. The Labute approximate surface area is 97.2 Å². The zero-order chi connectivity index (χ0) is 10.9. The zero-order valence-corrected chi connectivity index (χ0v) is 10.3. The molecular weight excluding hydrogens is 204 g/mol. The van der Waals surface area contributed by atoms with Gasteiger partial charge in [0, 0.05) is 5.75 Å². The average molecular weight is 223 g/mol. The Bertz CT molecular complexity index is 248. The molecule has 15 heavy (non-hydrogen) atoms. The predicted molar refractivity (Wildman–Crippen MR) is 67.5 cm³/mol. The van der Waals surface area contributed by atoms with Crippen LogP contribution in [-0.4, -0.2) is 5.44 Å². The fourth-order valence-corrected chi connectivity index (χ4v) is 2.18. The second-order valence-corrected chi connectivity index (χ2v) is 4.49. The second-order valence-electron chi connectivity index (χ2n) is 3.35. The van der Waals surface area contributed by atoms with Crippen molar-refractivity contribution in [3.63, 3.8) is 0 Å². The molecule has 1 unspecified atom stereocenters. The first-order valence-corrected chi connectivity index (χ1v) is 6.54. The van der Waals surface area contributed by atoms with Crippen LogP contribution in [0.25, 0.3) is 0 Å². The molecule has 0 heterocycles. The number of hydrogen-bond donors (Lipinski definition) is 0. The molecular formula is C13H19OS. The Kier molecular flexibility index (Phi) is 6.53. The van der Waals surface area contributed by atoms with E-state index < -0.39 is 0 Å². The molecule has 83 valence electrons. The van der Waals surface area contributed by atoms with Crippen LogP contribution in [0.1, 0.15) is 32.3 Å². The molecule has 0 aliphatic heterocycles. The summed E-state index contributed by atoms with van der Waals surface area (Å²) < 4.78 is 5.60. The molecule has 2 heteroatoms. The highest BCUT2D eigenvalue weighted by atomic mass is 32.2. The third kappa shape index (κ3) is 5.24. The summed E-state index contributed by atoms with van der Waals surface area (Å²) in [5, 5.41) is 0. The average Bonchev–Trinajstić information content (AvgIpc) is 2.31. The first kappa shape index (κ1) is 12.6. The molecule has 0 spiro atoms. The molecule has 1 aromatic rings. The summed E-state index contributed by atoms with van der Waals surface area (Å²) in [5.74, 6) is 1.02. The lowest BCUT2D eigenvalue weighted by atomic mass is 10.2. The van der Waals surface area contributed by atoms with Crippen LogP contribution in [0.2, 0.25) is 0 Å². The second kappa shape index (κ2) is 7.77. The van der Waals surface area contributed by atoms with Gasteiger partial charge in [-0.3, -0.25) is 0 Å². The molecule has 1 atom stereocenters. The van der Waals surface area contributed by atoms with Crippen molar-refractivity contribution in [2.75, 3.05) is 0 Å². The number of benzene rings is 1. The first-order valence-electron chi connectivity index (χ1n) is 5.49. The van der Waals surface area contributed by atoms with Crippen LogP contribution in [0.5, 0.6) is 0 Å². The first-order chi connectivity index (χ1) is 7.36. The van der Waals surface area contributed by atoms with Gasteiger partial charge >= 0.3 is 0 Å². The third-order valence-corrected chi connectivity index (χ3v) is 3.34. The smallest absolute Gasteiger partial charge is 0.103 e. The van der Waals surface area contributed by atoms with Crippen molar-refractivity contribution >= 4 is 11.8 Å². The van der Waals surface area contributed by atoms with Gasteiger partial charge in [0.2, 0.25) is 0 Å². The molecule has 0 saturated carbocycles. The van der Waals surface area contributed by atoms with Crippen molar-refractivity contribution in [3.8, 4) is 0 Å². The summed E-state index contributed by atoms with van der Waals surface area (Å²) in [4.78, 5) is 0. The lowest BCUT2D eigenvalue weighted by molar-refractivity contribution is 0.167. The molecule has 0 bridgehead atoms. The van der Waals surface area contributed by atoms with Crippen molar-refractivity contribution < 1.29 is 4.74 Å². The van der Waals surface area contributed by atoms with E-state index in [-0.39, 0.29) is 0 Å².